The molecule has 2 aromatic heterocycles. The minimum atomic E-state index is -0.167. The maximum Gasteiger partial charge on any atom is 0.311 e. The second-order valence-corrected chi connectivity index (χ2v) is 6.20. The Morgan fingerprint density at radius 1 is 1.45 bits per heavy atom. The van der Waals surface area contributed by atoms with Crippen molar-refractivity contribution in [2.24, 2.45) is 0 Å². The van der Waals surface area contributed by atoms with Gasteiger partial charge in [0.1, 0.15) is 0 Å². The third-order valence-electron chi connectivity index (χ3n) is 3.96. The lowest BCUT2D eigenvalue weighted by Crippen LogP contribution is -2.09. The lowest BCUT2D eigenvalue weighted by Gasteiger charge is -2.19. The van der Waals surface area contributed by atoms with Crippen LogP contribution in [-0.4, -0.2) is 22.0 Å². The predicted molar refractivity (Wildman–Crippen MR) is 79.2 cm³/mol. The average Bonchev–Trinajstić information content (AvgIpc) is 3.02. The molecule has 20 heavy (non-hydrogen) atoms. The van der Waals surface area contributed by atoms with E-state index in [4.69, 9.17) is 9.72 Å². The number of hydrogen-bond donors (Lipinski definition) is 0. The number of carbonyl (C=O) groups excluding carboxylic acids is 1. The molecule has 0 bridgehead atoms. The van der Waals surface area contributed by atoms with E-state index in [9.17, 15) is 4.79 Å². The van der Waals surface area contributed by atoms with Gasteiger partial charge in [-0.25, -0.2) is 4.98 Å². The monoisotopic (exact) mass is 292 g/mol. The largest absolute Gasteiger partial charge is 0.466 e. The van der Waals surface area contributed by atoms with Gasteiger partial charge < -0.3 is 4.74 Å². The normalized spacial score (nSPS) is 16.6. The van der Waals surface area contributed by atoms with E-state index in [1.807, 2.05) is 12.3 Å². The van der Waals surface area contributed by atoms with E-state index in [1.54, 1.807) is 11.3 Å². The number of fused-ring (bicyclic) bond motifs is 1. The molecular weight excluding hydrogens is 272 g/mol. The van der Waals surface area contributed by atoms with Gasteiger partial charge in [-0.2, -0.15) is 0 Å². The molecule has 0 aromatic carbocycles. The van der Waals surface area contributed by atoms with E-state index in [2.05, 4.69) is 10.6 Å². The quantitative estimate of drug-likeness (QED) is 0.809. The van der Waals surface area contributed by atoms with Gasteiger partial charge in [-0.1, -0.05) is 19.3 Å². The highest BCUT2D eigenvalue weighted by Gasteiger charge is 2.20. The summed E-state index contributed by atoms with van der Waals surface area (Å²) >= 11 is 1.60. The molecule has 0 atom stereocenters. The molecule has 1 saturated carbocycles. The van der Waals surface area contributed by atoms with Crippen LogP contribution in [0.15, 0.2) is 11.6 Å². The number of esters is 1. The van der Waals surface area contributed by atoms with Crippen molar-refractivity contribution in [2.45, 2.75) is 51.4 Å². The fourth-order valence-electron chi connectivity index (χ4n) is 2.93. The van der Waals surface area contributed by atoms with Gasteiger partial charge in [-0.05, 0) is 19.8 Å². The summed E-state index contributed by atoms with van der Waals surface area (Å²) in [5.74, 6) is 0.436. The Hall–Kier alpha value is -1.36. The number of aromatic nitrogens is 2. The smallest absolute Gasteiger partial charge is 0.311 e. The van der Waals surface area contributed by atoms with Crippen molar-refractivity contribution in [2.75, 3.05) is 6.61 Å². The predicted octanol–water partition coefficient (Wildman–Crippen LogP) is 3.55. The minimum Gasteiger partial charge on any atom is -0.466 e. The van der Waals surface area contributed by atoms with Gasteiger partial charge in [0.2, 0.25) is 0 Å². The first-order valence-electron chi connectivity index (χ1n) is 7.39. The third-order valence-corrected chi connectivity index (χ3v) is 4.84. The van der Waals surface area contributed by atoms with E-state index in [0.29, 0.717) is 18.9 Å². The van der Waals surface area contributed by atoms with Crippen molar-refractivity contribution in [1.29, 1.82) is 0 Å². The summed E-state index contributed by atoms with van der Waals surface area (Å²) in [6.45, 7) is 2.27. The zero-order chi connectivity index (χ0) is 13.9. The summed E-state index contributed by atoms with van der Waals surface area (Å²) in [6.07, 6.45) is 8.92. The van der Waals surface area contributed by atoms with Crippen molar-refractivity contribution in [3.63, 3.8) is 0 Å². The molecule has 2 aromatic rings. The first-order chi connectivity index (χ1) is 9.78. The van der Waals surface area contributed by atoms with Gasteiger partial charge in [-0.15, -0.1) is 11.3 Å². The number of rotatable bonds is 4. The van der Waals surface area contributed by atoms with Crippen LogP contribution in [-0.2, 0) is 16.0 Å². The van der Waals surface area contributed by atoms with Crippen LogP contribution in [0, 0.1) is 0 Å². The second-order valence-electron chi connectivity index (χ2n) is 5.36. The zero-order valence-electron chi connectivity index (χ0n) is 11.8. The molecule has 0 N–H and O–H groups in total. The van der Waals surface area contributed by atoms with Crippen molar-refractivity contribution >= 4 is 22.3 Å². The molecule has 108 valence electrons. The van der Waals surface area contributed by atoms with Crippen LogP contribution in [0.3, 0.4) is 0 Å². The van der Waals surface area contributed by atoms with Crippen molar-refractivity contribution < 1.29 is 9.53 Å². The molecule has 0 aliphatic heterocycles. The molecule has 5 heteroatoms. The Kier molecular flexibility index (Phi) is 4.05. The molecule has 0 spiro atoms. The zero-order valence-corrected chi connectivity index (χ0v) is 12.6. The topological polar surface area (TPSA) is 43.6 Å². The average molecular weight is 292 g/mol. The summed E-state index contributed by atoms with van der Waals surface area (Å²) in [6, 6.07) is 0. The van der Waals surface area contributed by atoms with Crippen LogP contribution in [0.25, 0.3) is 4.96 Å². The molecule has 1 fully saturated rings. The van der Waals surface area contributed by atoms with Gasteiger partial charge in [0.15, 0.2) is 4.96 Å². The molecule has 2 heterocycles. The number of imidazole rings is 1. The highest BCUT2D eigenvalue weighted by molar-refractivity contribution is 7.15. The first-order valence-corrected chi connectivity index (χ1v) is 8.27. The Balaban J connectivity index is 1.80. The van der Waals surface area contributed by atoms with Gasteiger partial charge in [0.25, 0.3) is 0 Å². The van der Waals surface area contributed by atoms with Crippen LogP contribution >= 0.6 is 11.3 Å². The molecule has 1 aliphatic carbocycles. The Bertz CT molecular complexity index is 596. The van der Waals surface area contributed by atoms with E-state index in [-0.39, 0.29) is 5.97 Å². The molecule has 4 nitrogen and oxygen atoms in total. The lowest BCUT2D eigenvalue weighted by molar-refractivity contribution is -0.142. The maximum atomic E-state index is 11.6. The number of nitrogens with zero attached hydrogens (tertiary/aromatic N) is 2. The second kappa shape index (κ2) is 5.95. The number of hydrogen-bond acceptors (Lipinski definition) is 4. The number of thiazole rings is 1. The van der Waals surface area contributed by atoms with Crippen molar-refractivity contribution in [3.05, 3.63) is 23.0 Å². The SMILES string of the molecule is CCOC(=O)Cc1csc2nc(C3CCCCC3)cn12. The summed E-state index contributed by atoms with van der Waals surface area (Å²) in [5.41, 5.74) is 2.18. The van der Waals surface area contributed by atoms with Crippen molar-refractivity contribution in [1.82, 2.24) is 9.38 Å². The fourth-order valence-corrected chi connectivity index (χ4v) is 3.81. The summed E-state index contributed by atoms with van der Waals surface area (Å²) in [5, 5.41) is 2.00. The van der Waals surface area contributed by atoms with Gasteiger partial charge in [0, 0.05) is 23.2 Å². The summed E-state index contributed by atoms with van der Waals surface area (Å²) < 4.78 is 7.08. The van der Waals surface area contributed by atoms with Crippen LogP contribution in [0.5, 0.6) is 0 Å². The van der Waals surface area contributed by atoms with E-state index < -0.39 is 0 Å². The Morgan fingerprint density at radius 2 is 2.25 bits per heavy atom. The van der Waals surface area contributed by atoms with Gasteiger partial charge in [-0.3, -0.25) is 9.20 Å². The number of carbonyl (C=O) groups is 1. The van der Waals surface area contributed by atoms with Crippen molar-refractivity contribution in [3.8, 4) is 0 Å². The molecule has 0 unspecified atom stereocenters. The summed E-state index contributed by atoms with van der Waals surface area (Å²) in [7, 11) is 0. The van der Waals surface area contributed by atoms with Crippen LogP contribution in [0.4, 0.5) is 0 Å². The number of ether oxygens (including phenoxy) is 1. The fraction of sp³-hybridized carbons (Fsp3) is 0.600. The minimum absolute atomic E-state index is 0.167. The molecule has 1 aliphatic rings. The van der Waals surface area contributed by atoms with Gasteiger partial charge in [0.05, 0.1) is 18.7 Å². The Morgan fingerprint density at radius 3 is 3.00 bits per heavy atom. The molecule has 0 amide bonds. The van der Waals surface area contributed by atoms with Crippen LogP contribution in [0.2, 0.25) is 0 Å². The molecule has 3 rings (SSSR count). The molecule has 0 radical (unpaired) electrons. The van der Waals surface area contributed by atoms with E-state index >= 15 is 0 Å². The standard InChI is InChI=1S/C15H20N2O2S/c1-2-19-14(18)8-12-10-20-15-16-13(9-17(12)15)11-6-4-3-5-7-11/h9-11H,2-8H2,1H3. The molecule has 0 saturated heterocycles. The first kappa shape index (κ1) is 13.6. The van der Waals surface area contributed by atoms with E-state index in [0.717, 1.165) is 10.7 Å². The lowest BCUT2D eigenvalue weighted by atomic mass is 9.87. The van der Waals surface area contributed by atoms with Crippen LogP contribution < -0.4 is 0 Å². The van der Waals surface area contributed by atoms with Gasteiger partial charge >= 0.3 is 5.97 Å². The van der Waals surface area contributed by atoms with E-state index in [1.165, 1.54) is 37.8 Å². The third kappa shape index (κ3) is 2.73. The molecular formula is C15H20N2O2S. The highest BCUT2D eigenvalue weighted by atomic mass is 32.1. The Labute approximate surface area is 122 Å². The highest BCUT2D eigenvalue weighted by Crippen LogP contribution is 2.33. The summed E-state index contributed by atoms with van der Waals surface area (Å²) in [4.78, 5) is 17.3. The maximum absolute atomic E-state index is 11.6. The van der Waals surface area contributed by atoms with Crippen LogP contribution in [0.1, 0.15) is 56.3 Å².